The molecule has 1 amide bonds. The van der Waals surface area contributed by atoms with Crippen LogP contribution in [0.5, 0.6) is 5.88 Å². The van der Waals surface area contributed by atoms with Crippen molar-refractivity contribution in [1.29, 1.82) is 0 Å². The van der Waals surface area contributed by atoms with Gasteiger partial charge in [0.15, 0.2) is 0 Å². The second-order valence-electron chi connectivity index (χ2n) is 6.26. The molecule has 0 saturated carbocycles. The number of para-hydroxylation sites is 1. The van der Waals surface area contributed by atoms with Crippen LogP contribution in [0.1, 0.15) is 36.5 Å². The maximum Gasteiger partial charge on any atom is 0.259 e. The molecular weight excluding hydrogens is 352 g/mol. The highest BCUT2D eigenvalue weighted by molar-refractivity contribution is 6.32. The van der Waals surface area contributed by atoms with Gasteiger partial charge >= 0.3 is 0 Å². The SMILES string of the molecule is CCCCN(C(=O)c1cnc(OC2CCOC2)c(Cl)c1)c1ccccc1. The van der Waals surface area contributed by atoms with Gasteiger partial charge in [-0.1, -0.05) is 43.1 Å². The molecule has 1 atom stereocenters. The molecule has 26 heavy (non-hydrogen) atoms. The van der Waals surface area contributed by atoms with Crippen LogP contribution in [0, 0.1) is 0 Å². The monoisotopic (exact) mass is 374 g/mol. The van der Waals surface area contributed by atoms with Gasteiger partial charge < -0.3 is 14.4 Å². The van der Waals surface area contributed by atoms with Crippen LogP contribution >= 0.6 is 11.6 Å². The highest BCUT2D eigenvalue weighted by Gasteiger charge is 2.22. The summed E-state index contributed by atoms with van der Waals surface area (Å²) in [5.41, 5.74) is 1.32. The Kier molecular flexibility index (Phi) is 6.47. The highest BCUT2D eigenvalue weighted by atomic mass is 35.5. The standard InChI is InChI=1S/C20H23ClN2O3/c1-2-3-10-23(16-7-5-4-6-8-16)20(24)15-12-18(21)19(22-13-15)26-17-9-11-25-14-17/h4-8,12-13,17H,2-3,9-11,14H2,1H3. The first-order valence-electron chi connectivity index (χ1n) is 8.96. The van der Waals surface area contributed by atoms with Gasteiger partial charge in [0.05, 0.1) is 18.8 Å². The number of rotatable bonds is 7. The first kappa shape index (κ1) is 18.7. The van der Waals surface area contributed by atoms with Crippen LogP contribution in [0.15, 0.2) is 42.6 Å². The Labute approximate surface area is 158 Å². The van der Waals surface area contributed by atoms with Gasteiger partial charge in [0.25, 0.3) is 5.91 Å². The summed E-state index contributed by atoms with van der Waals surface area (Å²) in [4.78, 5) is 19.1. The molecule has 0 radical (unpaired) electrons. The van der Waals surface area contributed by atoms with E-state index in [9.17, 15) is 4.79 Å². The highest BCUT2D eigenvalue weighted by Crippen LogP contribution is 2.26. The molecule has 0 spiro atoms. The van der Waals surface area contributed by atoms with Crippen molar-refractivity contribution in [2.24, 2.45) is 0 Å². The lowest BCUT2D eigenvalue weighted by Gasteiger charge is -2.23. The van der Waals surface area contributed by atoms with Gasteiger partial charge in [-0.15, -0.1) is 0 Å². The molecule has 0 aliphatic carbocycles. The predicted molar refractivity (Wildman–Crippen MR) is 102 cm³/mol. The quantitative estimate of drug-likeness (QED) is 0.723. The molecule has 1 aromatic carbocycles. The fourth-order valence-corrected chi connectivity index (χ4v) is 3.03. The Morgan fingerprint density at radius 2 is 2.19 bits per heavy atom. The Bertz CT molecular complexity index is 733. The van der Waals surface area contributed by atoms with Crippen LogP contribution in [-0.2, 0) is 4.74 Å². The van der Waals surface area contributed by atoms with Gasteiger partial charge in [-0.3, -0.25) is 4.79 Å². The molecule has 2 heterocycles. The normalized spacial score (nSPS) is 16.5. The van der Waals surface area contributed by atoms with Crippen molar-refractivity contribution in [2.75, 3.05) is 24.7 Å². The maximum absolute atomic E-state index is 13.0. The number of ether oxygens (including phenoxy) is 2. The lowest BCUT2D eigenvalue weighted by atomic mass is 10.2. The van der Waals surface area contributed by atoms with E-state index in [1.54, 1.807) is 11.0 Å². The minimum atomic E-state index is -0.116. The number of benzene rings is 1. The van der Waals surface area contributed by atoms with Crippen molar-refractivity contribution >= 4 is 23.2 Å². The molecule has 6 heteroatoms. The molecule has 138 valence electrons. The molecule has 0 bridgehead atoms. The zero-order valence-corrected chi connectivity index (χ0v) is 15.6. The molecule has 3 rings (SSSR count). The molecule has 2 aromatic rings. The number of nitrogens with zero attached hydrogens (tertiary/aromatic N) is 2. The van der Waals surface area contributed by atoms with E-state index in [1.165, 1.54) is 6.20 Å². The van der Waals surface area contributed by atoms with Crippen molar-refractivity contribution in [3.63, 3.8) is 0 Å². The number of pyridine rings is 1. The largest absolute Gasteiger partial charge is 0.471 e. The molecule has 1 unspecified atom stereocenters. The fourth-order valence-electron chi connectivity index (χ4n) is 2.82. The topological polar surface area (TPSA) is 51.7 Å². The van der Waals surface area contributed by atoms with E-state index in [-0.39, 0.29) is 12.0 Å². The molecule has 1 fully saturated rings. The first-order valence-corrected chi connectivity index (χ1v) is 9.33. The van der Waals surface area contributed by atoms with Crippen LogP contribution in [0.3, 0.4) is 0 Å². The van der Waals surface area contributed by atoms with Gasteiger partial charge in [-0.2, -0.15) is 0 Å². The van der Waals surface area contributed by atoms with Gasteiger partial charge in [-0.05, 0) is 24.6 Å². The zero-order valence-electron chi connectivity index (χ0n) is 14.9. The number of aromatic nitrogens is 1. The number of unbranched alkanes of at least 4 members (excludes halogenated alkanes) is 1. The smallest absolute Gasteiger partial charge is 0.259 e. The predicted octanol–water partition coefficient (Wildman–Crippen LogP) is 4.35. The van der Waals surface area contributed by atoms with E-state index in [1.807, 2.05) is 30.3 Å². The molecule has 1 aromatic heterocycles. The average molecular weight is 375 g/mol. The molecule has 1 saturated heterocycles. The Morgan fingerprint density at radius 3 is 2.85 bits per heavy atom. The van der Waals surface area contributed by atoms with Gasteiger partial charge in [0, 0.05) is 24.8 Å². The van der Waals surface area contributed by atoms with Crippen LogP contribution in [0.25, 0.3) is 0 Å². The summed E-state index contributed by atoms with van der Waals surface area (Å²) in [6.07, 6.45) is 4.24. The minimum absolute atomic E-state index is 0.0353. The minimum Gasteiger partial charge on any atom is -0.471 e. The van der Waals surface area contributed by atoms with Crippen LogP contribution in [-0.4, -0.2) is 36.8 Å². The molecule has 0 N–H and O–H groups in total. The lowest BCUT2D eigenvalue weighted by molar-refractivity contribution is 0.0986. The Hall–Kier alpha value is -2.11. The van der Waals surface area contributed by atoms with Crippen molar-refractivity contribution in [2.45, 2.75) is 32.3 Å². The van der Waals surface area contributed by atoms with E-state index in [2.05, 4.69) is 11.9 Å². The van der Waals surface area contributed by atoms with E-state index in [0.29, 0.717) is 36.2 Å². The second kappa shape index (κ2) is 9.01. The van der Waals surface area contributed by atoms with Gasteiger partial charge in [0.1, 0.15) is 11.1 Å². The number of halogens is 1. The van der Waals surface area contributed by atoms with Crippen molar-refractivity contribution < 1.29 is 14.3 Å². The first-order chi connectivity index (χ1) is 12.7. The van der Waals surface area contributed by atoms with E-state index < -0.39 is 0 Å². The number of carbonyl (C=O) groups excluding carboxylic acids is 1. The molecular formula is C20H23ClN2O3. The average Bonchev–Trinajstić information content (AvgIpc) is 3.17. The third-order valence-corrected chi connectivity index (χ3v) is 4.54. The van der Waals surface area contributed by atoms with Crippen LogP contribution in [0.2, 0.25) is 5.02 Å². The summed E-state index contributed by atoms with van der Waals surface area (Å²) in [6, 6.07) is 11.3. The summed E-state index contributed by atoms with van der Waals surface area (Å²) in [7, 11) is 0. The molecule has 1 aliphatic heterocycles. The van der Waals surface area contributed by atoms with E-state index in [0.717, 1.165) is 24.9 Å². The van der Waals surface area contributed by atoms with E-state index in [4.69, 9.17) is 21.1 Å². The Morgan fingerprint density at radius 1 is 1.38 bits per heavy atom. The number of anilines is 1. The third kappa shape index (κ3) is 4.54. The van der Waals surface area contributed by atoms with Crippen LogP contribution in [0.4, 0.5) is 5.69 Å². The van der Waals surface area contributed by atoms with Crippen LogP contribution < -0.4 is 9.64 Å². The van der Waals surface area contributed by atoms with Crippen molar-refractivity contribution in [3.8, 4) is 5.88 Å². The number of hydrogen-bond donors (Lipinski definition) is 0. The maximum atomic E-state index is 13.0. The van der Waals surface area contributed by atoms with E-state index >= 15 is 0 Å². The summed E-state index contributed by atoms with van der Waals surface area (Å²) in [5, 5.41) is 0.339. The third-order valence-electron chi connectivity index (χ3n) is 4.27. The van der Waals surface area contributed by atoms with Gasteiger partial charge in [0.2, 0.25) is 5.88 Å². The zero-order chi connectivity index (χ0) is 18.4. The summed E-state index contributed by atoms with van der Waals surface area (Å²) in [5.74, 6) is 0.230. The summed E-state index contributed by atoms with van der Waals surface area (Å²) < 4.78 is 11.1. The molecule has 5 nitrogen and oxygen atoms in total. The number of amides is 1. The Balaban J connectivity index is 1.78. The van der Waals surface area contributed by atoms with Gasteiger partial charge in [-0.25, -0.2) is 4.98 Å². The molecule has 1 aliphatic rings. The number of carbonyl (C=O) groups is 1. The van der Waals surface area contributed by atoms with Crippen molar-refractivity contribution in [1.82, 2.24) is 4.98 Å². The fraction of sp³-hybridized carbons (Fsp3) is 0.400. The van der Waals surface area contributed by atoms with Crippen molar-refractivity contribution in [3.05, 3.63) is 53.2 Å². The lowest BCUT2D eigenvalue weighted by Crippen LogP contribution is -2.32. The number of hydrogen-bond acceptors (Lipinski definition) is 4. The second-order valence-corrected chi connectivity index (χ2v) is 6.67. The summed E-state index contributed by atoms with van der Waals surface area (Å²) >= 11 is 6.31. The summed E-state index contributed by atoms with van der Waals surface area (Å²) in [6.45, 7) is 3.97.